The zero-order valence-corrected chi connectivity index (χ0v) is 26.2. The van der Waals surface area contributed by atoms with E-state index in [2.05, 4.69) is 20.3 Å². The summed E-state index contributed by atoms with van der Waals surface area (Å²) in [6.45, 7) is 6.94. The summed E-state index contributed by atoms with van der Waals surface area (Å²) in [5.41, 5.74) is 1.84. The standard InChI is InChI=1S/C30H44N6O3S2/c1-20-26(40-21(2)33-20)18-35-24-14-13-23(41(38,39)34-30(3)15-16-30)17-25(24)36(29(35)37)28-27(31-19-32-28)22-11-9-7-5-4-6-8-10-12-22/h13-14,17,22,27-28,31-32,34H,4-12,15-16,18-19H2,1-3H3. The second-order valence-electron chi connectivity index (χ2n) is 12.7. The number of hydrogen-bond donors (Lipinski definition) is 3. The molecule has 224 valence electrons. The molecule has 3 aromatic rings. The molecule has 0 amide bonds. The van der Waals surface area contributed by atoms with Crippen molar-refractivity contribution in [1.29, 1.82) is 0 Å². The van der Waals surface area contributed by atoms with Crippen LogP contribution >= 0.6 is 11.3 Å². The number of aromatic nitrogens is 3. The van der Waals surface area contributed by atoms with Gasteiger partial charge >= 0.3 is 5.69 Å². The first-order valence-electron chi connectivity index (χ1n) is 15.3. The number of aryl methyl sites for hydroxylation is 2. The maximum Gasteiger partial charge on any atom is 0.330 e. The summed E-state index contributed by atoms with van der Waals surface area (Å²) in [7, 11) is -3.72. The highest BCUT2D eigenvalue weighted by molar-refractivity contribution is 7.89. The molecular formula is C30H44N6O3S2. The number of thiazole rings is 1. The third-order valence-electron chi connectivity index (χ3n) is 9.35. The zero-order valence-electron chi connectivity index (χ0n) is 24.5. The van der Waals surface area contributed by atoms with Gasteiger partial charge in [0.2, 0.25) is 10.0 Å². The Bertz CT molecular complexity index is 1560. The van der Waals surface area contributed by atoms with E-state index in [0.717, 1.165) is 46.8 Å². The molecule has 1 aromatic carbocycles. The number of rotatable bonds is 7. The second-order valence-corrected chi connectivity index (χ2v) is 15.6. The van der Waals surface area contributed by atoms with Gasteiger partial charge in [0.25, 0.3) is 0 Å². The second kappa shape index (κ2) is 11.6. The largest absolute Gasteiger partial charge is 0.330 e. The van der Waals surface area contributed by atoms with Crippen LogP contribution in [0.1, 0.15) is 99.3 Å². The maximum absolute atomic E-state index is 14.3. The van der Waals surface area contributed by atoms with Crippen molar-refractivity contribution in [2.24, 2.45) is 5.92 Å². The first-order valence-corrected chi connectivity index (χ1v) is 17.6. The minimum Gasteiger partial charge on any atom is -0.298 e. The summed E-state index contributed by atoms with van der Waals surface area (Å²) in [6, 6.07) is 5.25. The molecule has 1 aliphatic heterocycles. The summed E-state index contributed by atoms with van der Waals surface area (Å²) in [6.07, 6.45) is 12.6. The Labute approximate surface area is 247 Å². The third-order valence-corrected chi connectivity index (χ3v) is 12.0. The Morgan fingerprint density at radius 1 is 1.02 bits per heavy atom. The van der Waals surface area contributed by atoms with Crippen LogP contribution in [0.2, 0.25) is 0 Å². The minimum absolute atomic E-state index is 0.0994. The fourth-order valence-electron chi connectivity index (χ4n) is 6.78. The molecule has 3 N–H and O–H groups in total. The fourth-order valence-corrected chi connectivity index (χ4v) is 9.19. The highest BCUT2D eigenvalue weighted by Gasteiger charge is 2.42. The first kappa shape index (κ1) is 29.0. The number of nitrogens with zero attached hydrogens (tertiary/aromatic N) is 3. The van der Waals surface area contributed by atoms with Gasteiger partial charge in [0, 0.05) is 23.1 Å². The van der Waals surface area contributed by atoms with E-state index in [4.69, 9.17) is 0 Å². The van der Waals surface area contributed by atoms with Gasteiger partial charge < -0.3 is 0 Å². The molecule has 2 saturated carbocycles. The molecule has 6 rings (SSSR count). The average Bonchev–Trinajstić information content (AvgIpc) is 3.22. The highest BCUT2D eigenvalue weighted by atomic mass is 32.2. The van der Waals surface area contributed by atoms with E-state index in [1.165, 1.54) is 44.9 Å². The molecule has 2 aliphatic carbocycles. The lowest BCUT2D eigenvalue weighted by Crippen LogP contribution is -2.42. The van der Waals surface area contributed by atoms with Crippen LogP contribution in [0.4, 0.5) is 0 Å². The Hall–Kier alpha value is -2.05. The molecule has 0 spiro atoms. The molecule has 3 heterocycles. The van der Waals surface area contributed by atoms with E-state index in [0.29, 0.717) is 24.6 Å². The SMILES string of the molecule is Cc1nc(C)c(Cn2c(=O)n(C3NCNC3C3CCCCCCCCC3)c3cc(S(=O)(=O)NC4(C)CC4)ccc32)s1. The summed E-state index contributed by atoms with van der Waals surface area (Å²) < 4.78 is 33.3. The number of nitrogens with one attached hydrogen (secondary N) is 3. The zero-order chi connectivity index (χ0) is 28.8. The number of sulfonamides is 1. The predicted molar refractivity (Wildman–Crippen MR) is 164 cm³/mol. The van der Waals surface area contributed by atoms with E-state index in [9.17, 15) is 13.2 Å². The van der Waals surface area contributed by atoms with Crippen LogP contribution < -0.4 is 21.0 Å². The van der Waals surface area contributed by atoms with Crippen LogP contribution in [-0.4, -0.2) is 40.8 Å². The molecule has 41 heavy (non-hydrogen) atoms. The van der Waals surface area contributed by atoms with E-state index in [1.807, 2.05) is 25.3 Å². The van der Waals surface area contributed by atoms with Gasteiger partial charge in [-0.25, -0.2) is 22.9 Å². The molecule has 0 radical (unpaired) electrons. The normalized spacial score (nSPS) is 24.2. The van der Waals surface area contributed by atoms with E-state index in [-0.39, 0.29) is 28.3 Å². The first-order chi connectivity index (χ1) is 19.7. The van der Waals surface area contributed by atoms with Gasteiger partial charge in [0.05, 0.1) is 33.2 Å². The van der Waals surface area contributed by atoms with Crippen LogP contribution in [0.5, 0.6) is 0 Å². The summed E-state index contributed by atoms with van der Waals surface area (Å²) in [4.78, 5) is 20.2. The third kappa shape index (κ3) is 6.06. The smallest absolute Gasteiger partial charge is 0.298 e. The van der Waals surface area contributed by atoms with Crippen molar-refractivity contribution in [2.45, 2.75) is 121 Å². The van der Waals surface area contributed by atoms with Crippen molar-refractivity contribution in [3.8, 4) is 0 Å². The summed E-state index contributed by atoms with van der Waals surface area (Å²) >= 11 is 1.61. The number of imidazole rings is 1. The van der Waals surface area contributed by atoms with Crippen molar-refractivity contribution in [3.05, 3.63) is 44.3 Å². The fraction of sp³-hybridized carbons (Fsp3) is 0.667. The maximum atomic E-state index is 14.3. The average molecular weight is 601 g/mol. The van der Waals surface area contributed by atoms with Crippen molar-refractivity contribution in [1.82, 2.24) is 29.5 Å². The lowest BCUT2D eigenvalue weighted by atomic mass is 9.86. The predicted octanol–water partition coefficient (Wildman–Crippen LogP) is 4.91. The van der Waals surface area contributed by atoms with Gasteiger partial charge in [-0.3, -0.25) is 19.8 Å². The van der Waals surface area contributed by atoms with E-state index in [1.54, 1.807) is 34.1 Å². The molecule has 3 fully saturated rings. The lowest BCUT2D eigenvalue weighted by molar-refractivity contribution is 0.257. The van der Waals surface area contributed by atoms with Crippen molar-refractivity contribution in [3.63, 3.8) is 0 Å². The van der Waals surface area contributed by atoms with Crippen LogP contribution in [0.3, 0.4) is 0 Å². The highest BCUT2D eigenvalue weighted by Crippen LogP contribution is 2.37. The molecule has 1 saturated heterocycles. The van der Waals surface area contributed by atoms with Crippen LogP contribution in [0, 0.1) is 19.8 Å². The van der Waals surface area contributed by atoms with Gasteiger partial charge in [0.1, 0.15) is 6.17 Å². The monoisotopic (exact) mass is 600 g/mol. The Morgan fingerprint density at radius 3 is 2.34 bits per heavy atom. The molecule has 2 aromatic heterocycles. The molecule has 3 aliphatic rings. The quantitative estimate of drug-likeness (QED) is 0.355. The van der Waals surface area contributed by atoms with Crippen LogP contribution in [-0.2, 0) is 16.6 Å². The Kier molecular flexibility index (Phi) is 8.19. The molecule has 2 unspecified atom stereocenters. The van der Waals surface area contributed by atoms with Crippen LogP contribution in [0.15, 0.2) is 27.9 Å². The molecule has 11 heteroatoms. The minimum atomic E-state index is -3.72. The van der Waals surface area contributed by atoms with E-state index < -0.39 is 10.0 Å². The van der Waals surface area contributed by atoms with E-state index >= 15 is 0 Å². The molecular weight excluding hydrogens is 557 g/mol. The van der Waals surface area contributed by atoms with Gasteiger partial charge in [-0.15, -0.1) is 11.3 Å². The van der Waals surface area contributed by atoms with Gasteiger partial charge in [-0.2, -0.15) is 0 Å². The van der Waals surface area contributed by atoms with Crippen molar-refractivity contribution < 1.29 is 8.42 Å². The topological polar surface area (TPSA) is 110 Å². The molecule has 9 nitrogen and oxygen atoms in total. The molecule has 2 atom stereocenters. The summed E-state index contributed by atoms with van der Waals surface area (Å²) in [5, 5.41) is 8.24. The number of benzene rings is 1. The van der Waals surface area contributed by atoms with Crippen molar-refractivity contribution >= 4 is 32.4 Å². The van der Waals surface area contributed by atoms with Gasteiger partial charge in [0.15, 0.2) is 0 Å². The summed E-state index contributed by atoms with van der Waals surface area (Å²) in [5.74, 6) is 0.452. The van der Waals surface area contributed by atoms with Gasteiger partial charge in [-0.05, 0) is 70.6 Å². The molecule has 0 bridgehead atoms. The Morgan fingerprint density at radius 2 is 1.71 bits per heavy atom. The number of hydrogen-bond acceptors (Lipinski definition) is 7. The lowest BCUT2D eigenvalue weighted by Gasteiger charge is -2.30. The van der Waals surface area contributed by atoms with Gasteiger partial charge in [-0.1, -0.05) is 44.9 Å². The number of fused-ring (bicyclic) bond motifs is 1. The Balaban J connectivity index is 1.43. The van der Waals surface area contributed by atoms with Crippen LogP contribution in [0.25, 0.3) is 11.0 Å². The van der Waals surface area contributed by atoms with Crippen molar-refractivity contribution in [2.75, 3.05) is 6.67 Å².